The molecule has 0 aromatic heterocycles. The number of piperazine rings is 1. The van der Waals surface area contributed by atoms with Crippen LogP contribution in [-0.4, -0.2) is 78.4 Å². The van der Waals surface area contributed by atoms with Crippen LogP contribution in [-0.2, 0) is 9.59 Å². The third kappa shape index (κ3) is 4.69. The predicted molar refractivity (Wildman–Crippen MR) is 109 cm³/mol. The highest BCUT2D eigenvalue weighted by Gasteiger charge is 2.35. The lowest BCUT2D eigenvalue weighted by molar-refractivity contribution is -0.135. The minimum atomic E-state index is -0.0212. The van der Waals surface area contributed by atoms with Crippen LogP contribution in [0.2, 0.25) is 15.1 Å². The molecule has 2 saturated heterocycles. The second-order valence-electron chi connectivity index (χ2n) is 6.62. The van der Waals surface area contributed by atoms with Crippen molar-refractivity contribution in [1.82, 2.24) is 14.7 Å². The molecule has 0 aliphatic carbocycles. The predicted octanol–water partition coefficient (Wildman–Crippen LogP) is 2.60. The number of amides is 2. The van der Waals surface area contributed by atoms with Crippen LogP contribution in [0.3, 0.4) is 0 Å². The van der Waals surface area contributed by atoms with Gasteiger partial charge < -0.3 is 15.1 Å². The minimum Gasteiger partial charge on any atom is -0.375 e. The van der Waals surface area contributed by atoms with Gasteiger partial charge in [-0.2, -0.15) is 0 Å². The van der Waals surface area contributed by atoms with Gasteiger partial charge in [-0.25, -0.2) is 0 Å². The average molecular weight is 432 g/mol. The topological polar surface area (TPSA) is 55.9 Å². The summed E-state index contributed by atoms with van der Waals surface area (Å²) >= 11 is 18.0. The summed E-state index contributed by atoms with van der Waals surface area (Å²) in [4.78, 5) is 29.9. The second-order valence-corrected chi connectivity index (χ2v) is 7.84. The molecular weight excluding hydrogens is 411 g/mol. The van der Waals surface area contributed by atoms with Gasteiger partial charge in [-0.1, -0.05) is 41.4 Å². The van der Waals surface area contributed by atoms with Crippen LogP contribution in [0.15, 0.2) is 24.8 Å². The maximum atomic E-state index is 12.5. The number of halogens is 3. The largest absolute Gasteiger partial charge is 0.375 e. The fourth-order valence-corrected chi connectivity index (χ4v) is 3.89. The Morgan fingerprint density at radius 1 is 1.04 bits per heavy atom. The molecule has 0 saturated carbocycles. The van der Waals surface area contributed by atoms with Gasteiger partial charge in [-0.3, -0.25) is 14.5 Å². The van der Waals surface area contributed by atoms with E-state index in [0.29, 0.717) is 39.9 Å². The molecule has 2 heterocycles. The molecule has 6 nitrogen and oxygen atoms in total. The monoisotopic (exact) mass is 430 g/mol. The van der Waals surface area contributed by atoms with Crippen LogP contribution in [0.5, 0.6) is 0 Å². The molecule has 3 rings (SSSR count). The molecule has 27 heavy (non-hydrogen) atoms. The van der Waals surface area contributed by atoms with Gasteiger partial charge >= 0.3 is 0 Å². The van der Waals surface area contributed by atoms with E-state index < -0.39 is 0 Å². The quantitative estimate of drug-likeness (QED) is 0.575. The minimum absolute atomic E-state index is 0.00820. The van der Waals surface area contributed by atoms with Crippen molar-refractivity contribution in [3.05, 3.63) is 39.9 Å². The molecule has 0 radical (unpaired) electrons. The Morgan fingerprint density at radius 2 is 1.67 bits per heavy atom. The van der Waals surface area contributed by atoms with Crippen LogP contribution in [0.1, 0.15) is 0 Å². The van der Waals surface area contributed by atoms with Crippen molar-refractivity contribution < 1.29 is 9.59 Å². The first kappa shape index (κ1) is 20.3. The summed E-state index contributed by atoms with van der Waals surface area (Å²) in [5, 5.41) is 4.21. The van der Waals surface area contributed by atoms with Crippen LogP contribution < -0.4 is 5.32 Å². The zero-order valence-corrected chi connectivity index (χ0v) is 17.0. The van der Waals surface area contributed by atoms with Crippen molar-refractivity contribution in [1.29, 1.82) is 0 Å². The lowest BCUT2D eigenvalue weighted by Gasteiger charge is -2.47. The Balaban J connectivity index is 1.43. The normalized spacial score (nSPS) is 18.2. The summed E-state index contributed by atoms with van der Waals surface area (Å²) < 4.78 is 0. The Labute approximate surface area is 173 Å². The van der Waals surface area contributed by atoms with Crippen molar-refractivity contribution in [2.24, 2.45) is 0 Å². The summed E-state index contributed by atoms with van der Waals surface area (Å²) in [7, 11) is 0. The maximum absolute atomic E-state index is 12.5. The van der Waals surface area contributed by atoms with Crippen molar-refractivity contribution in [2.75, 3.05) is 51.1 Å². The summed E-state index contributed by atoms with van der Waals surface area (Å²) in [6.45, 7) is 8.06. The van der Waals surface area contributed by atoms with Crippen molar-refractivity contribution >= 4 is 52.3 Å². The third-order valence-electron chi connectivity index (χ3n) is 4.97. The molecule has 0 spiro atoms. The zero-order chi connectivity index (χ0) is 19.6. The van der Waals surface area contributed by atoms with Crippen LogP contribution >= 0.6 is 34.8 Å². The third-order valence-corrected chi connectivity index (χ3v) is 6.01. The number of benzene rings is 1. The van der Waals surface area contributed by atoms with E-state index in [4.69, 9.17) is 34.8 Å². The number of hydrogen-bond acceptors (Lipinski definition) is 4. The SMILES string of the molecule is C=CC(=O)N1CC(N2CCN(C(=O)CNc3cc(Cl)c(Cl)cc3Cl)CC2)C1. The standard InChI is InChI=1S/C18H21Cl3N4O2/c1-2-17(26)25-10-12(11-25)23-3-5-24(6-4-23)18(27)9-22-16-8-14(20)13(19)7-15(16)21/h2,7-8,12,22H,1,3-6,9-11H2. The highest BCUT2D eigenvalue weighted by Crippen LogP contribution is 2.32. The highest BCUT2D eigenvalue weighted by molar-refractivity contribution is 6.44. The smallest absolute Gasteiger partial charge is 0.246 e. The Morgan fingerprint density at radius 3 is 2.30 bits per heavy atom. The number of carbonyl (C=O) groups is 2. The van der Waals surface area contributed by atoms with Gasteiger partial charge in [-0.15, -0.1) is 0 Å². The number of likely N-dealkylation sites (tertiary alicyclic amines) is 1. The summed E-state index contributed by atoms with van der Waals surface area (Å²) in [6, 6.07) is 3.54. The lowest BCUT2D eigenvalue weighted by atomic mass is 10.1. The number of hydrogen-bond donors (Lipinski definition) is 1. The van der Waals surface area contributed by atoms with Crippen LogP contribution in [0.25, 0.3) is 0 Å². The van der Waals surface area contributed by atoms with Gasteiger partial charge in [0.05, 0.1) is 27.3 Å². The fourth-order valence-electron chi connectivity index (χ4n) is 3.27. The van der Waals surface area contributed by atoms with E-state index in [2.05, 4.69) is 16.8 Å². The summed E-state index contributed by atoms with van der Waals surface area (Å²) in [5.41, 5.74) is 0.583. The van der Waals surface area contributed by atoms with Crippen molar-refractivity contribution in [3.63, 3.8) is 0 Å². The second kappa shape index (κ2) is 8.69. The Kier molecular flexibility index (Phi) is 6.52. The zero-order valence-electron chi connectivity index (χ0n) is 14.8. The molecule has 1 aromatic rings. The van der Waals surface area contributed by atoms with Crippen molar-refractivity contribution in [3.8, 4) is 0 Å². The van der Waals surface area contributed by atoms with Gasteiger partial charge in [-0.05, 0) is 18.2 Å². The molecule has 9 heteroatoms. The van der Waals surface area contributed by atoms with Crippen LogP contribution in [0, 0.1) is 0 Å². The van der Waals surface area contributed by atoms with Gasteiger partial charge in [0.2, 0.25) is 11.8 Å². The lowest BCUT2D eigenvalue weighted by Crippen LogP contribution is -2.64. The molecule has 0 bridgehead atoms. The number of anilines is 1. The van der Waals surface area contributed by atoms with E-state index in [9.17, 15) is 9.59 Å². The molecule has 2 aliphatic rings. The van der Waals surface area contributed by atoms with Crippen molar-refractivity contribution in [2.45, 2.75) is 6.04 Å². The van der Waals surface area contributed by atoms with E-state index in [0.717, 1.165) is 26.2 Å². The molecule has 2 amide bonds. The van der Waals surface area contributed by atoms with E-state index >= 15 is 0 Å². The molecule has 1 N–H and O–H groups in total. The van der Waals surface area contributed by atoms with Gasteiger partial charge in [0.25, 0.3) is 0 Å². The number of carbonyl (C=O) groups excluding carboxylic acids is 2. The van der Waals surface area contributed by atoms with Gasteiger partial charge in [0.15, 0.2) is 0 Å². The molecule has 0 atom stereocenters. The first-order valence-corrected chi connectivity index (χ1v) is 9.84. The summed E-state index contributed by atoms with van der Waals surface area (Å²) in [6.07, 6.45) is 1.35. The van der Waals surface area contributed by atoms with Gasteiger partial charge in [0.1, 0.15) is 0 Å². The molecule has 146 valence electrons. The number of rotatable bonds is 5. The first-order chi connectivity index (χ1) is 12.9. The average Bonchev–Trinajstić information content (AvgIpc) is 2.62. The van der Waals surface area contributed by atoms with E-state index in [-0.39, 0.29) is 18.4 Å². The van der Waals surface area contributed by atoms with Crippen LogP contribution in [0.4, 0.5) is 5.69 Å². The van der Waals surface area contributed by atoms with Gasteiger partial charge in [0, 0.05) is 45.3 Å². The van der Waals surface area contributed by atoms with E-state index in [1.54, 1.807) is 17.0 Å². The van der Waals surface area contributed by atoms with E-state index in [1.807, 2.05) is 4.90 Å². The maximum Gasteiger partial charge on any atom is 0.246 e. The first-order valence-electron chi connectivity index (χ1n) is 8.70. The molecule has 1 aromatic carbocycles. The Bertz CT molecular complexity index is 744. The Hall–Kier alpha value is -1.47. The molecule has 2 aliphatic heterocycles. The number of nitrogens with zero attached hydrogens (tertiary/aromatic N) is 3. The number of nitrogens with one attached hydrogen (secondary N) is 1. The highest BCUT2D eigenvalue weighted by atomic mass is 35.5. The fraction of sp³-hybridized carbons (Fsp3) is 0.444. The summed E-state index contributed by atoms with van der Waals surface area (Å²) in [5.74, 6) is -0.0130. The molecule has 2 fully saturated rings. The molecule has 0 unspecified atom stereocenters. The van der Waals surface area contributed by atoms with E-state index in [1.165, 1.54) is 6.08 Å². The molecular formula is C18H21Cl3N4O2.